The van der Waals surface area contributed by atoms with Crippen LogP contribution in [0, 0.1) is 5.82 Å². The molecule has 4 heteroatoms. The molecule has 0 amide bonds. The van der Waals surface area contributed by atoms with Crippen LogP contribution in [0.25, 0.3) is 0 Å². The van der Waals surface area contributed by atoms with Crippen LogP contribution in [0.2, 0.25) is 0 Å². The molecule has 0 saturated heterocycles. The van der Waals surface area contributed by atoms with Crippen LogP contribution in [0.4, 0.5) is 4.39 Å². The summed E-state index contributed by atoms with van der Waals surface area (Å²) in [4.78, 5) is 11.8. The number of halogens is 1. The lowest BCUT2D eigenvalue weighted by Crippen LogP contribution is -2.05. The van der Waals surface area contributed by atoms with Gasteiger partial charge in [-0.15, -0.1) is 0 Å². The lowest BCUT2D eigenvalue weighted by atomic mass is 10.1. The quantitative estimate of drug-likeness (QED) is 0.576. The number of methoxy groups -OCH3 is 1. The second-order valence-corrected chi connectivity index (χ2v) is 4.58. The first-order valence-electron chi connectivity index (χ1n) is 6.68. The Balaban J connectivity index is 1.73. The Kier molecular flexibility index (Phi) is 5.46. The minimum atomic E-state index is -0.345. The summed E-state index contributed by atoms with van der Waals surface area (Å²) in [6.07, 6.45) is 0.280. The number of carbonyl (C=O) groups excluding carboxylic acids is 1. The molecule has 0 spiro atoms. The summed E-state index contributed by atoms with van der Waals surface area (Å²) in [5.74, 6) is 0.400. The van der Waals surface area contributed by atoms with Crippen LogP contribution in [-0.2, 0) is 11.3 Å². The van der Waals surface area contributed by atoms with E-state index < -0.39 is 0 Å². The molecule has 0 aliphatic carbocycles. The Morgan fingerprint density at radius 3 is 2.33 bits per heavy atom. The monoisotopic (exact) mass is 288 g/mol. The molecule has 0 aromatic heterocycles. The van der Waals surface area contributed by atoms with Crippen molar-refractivity contribution in [2.24, 2.45) is 0 Å². The topological polar surface area (TPSA) is 35.5 Å². The molecule has 0 fully saturated rings. The second kappa shape index (κ2) is 7.55. The molecule has 0 aliphatic heterocycles. The predicted molar refractivity (Wildman–Crippen MR) is 78.0 cm³/mol. The van der Waals surface area contributed by atoms with Crippen LogP contribution in [-0.4, -0.2) is 19.5 Å². The van der Waals surface area contributed by atoms with Crippen molar-refractivity contribution in [2.45, 2.75) is 13.0 Å². The van der Waals surface area contributed by atoms with Crippen LogP contribution >= 0.6 is 0 Å². The smallest absolute Gasteiger partial charge is 0.165 e. The molecule has 0 bridgehead atoms. The maximum Gasteiger partial charge on any atom is 0.165 e. The third kappa shape index (κ3) is 4.68. The Hall–Kier alpha value is -2.20. The number of rotatable bonds is 7. The van der Waals surface area contributed by atoms with Crippen molar-refractivity contribution in [3.05, 3.63) is 65.5 Å². The van der Waals surface area contributed by atoms with E-state index in [4.69, 9.17) is 9.47 Å². The minimum absolute atomic E-state index is 0.0512. The van der Waals surface area contributed by atoms with Gasteiger partial charge in [0.25, 0.3) is 0 Å². The van der Waals surface area contributed by atoms with E-state index in [9.17, 15) is 9.18 Å². The highest BCUT2D eigenvalue weighted by Crippen LogP contribution is 2.12. The van der Waals surface area contributed by atoms with Gasteiger partial charge in [-0.05, 0) is 42.0 Å². The third-order valence-corrected chi connectivity index (χ3v) is 3.07. The van der Waals surface area contributed by atoms with Gasteiger partial charge in [0.1, 0.15) is 11.6 Å². The van der Waals surface area contributed by atoms with Gasteiger partial charge >= 0.3 is 0 Å². The molecule has 2 rings (SSSR count). The number of ether oxygens (including phenoxy) is 2. The van der Waals surface area contributed by atoms with Crippen molar-refractivity contribution in [2.75, 3.05) is 13.7 Å². The zero-order valence-electron chi connectivity index (χ0n) is 11.8. The van der Waals surface area contributed by atoms with E-state index in [-0.39, 0.29) is 18.0 Å². The molecule has 0 atom stereocenters. The number of benzene rings is 2. The fourth-order valence-corrected chi connectivity index (χ4v) is 1.86. The normalized spacial score (nSPS) is 10.4. The van der Waals surface area contributed by atoms with E-state index in [1.165, 1.54) is 24.3 Å². The Labute approximate surface area is 123 Å². The average molecular weight is 288 g/mol. The SMILES string of the molecule is COc1ccc(COCCC(=O)c2ccc(F)cc2)cc1. The fourth-order valence-electron chi connectivity index (χ4n) is 1.86. The summed E-state index contributed by atoms with van der Waals surface area (Å²) in [6, 6.07) is 13.1. The number of ketones is 1. The summed E-state index contributed by atoms with van der Waals surface area (Å²) in [6.45, 7) is 0.781. The Morgan fingerprint density at radius 1 is 1.05 bits per heavy atom. The first-order valence-corrected chi connectivity index (χ1v) is 6.68. The first-order chi connectivity index (χ1) is 10.2. The maximum absolute atomic E-state index is 12.8. The molecular formula is C17H17FO3. The summed E-state index contributed by atoms with van der Waals surface area (Å²) in [5, 5.41) is 0. The summed E-state index contributed by atoms with van der Waals surface area (Å²) < 4.78 is 23.3. The predicted octanol–water partition coefficient (Wildman–Crippen LogP) is 3.62. The van der Waals surface area contributed by atoms with Gasteiger partial charge < -0.3 is 9.47 Å². The molecular weight excluding hydrogens is 271 g/mol. The molecule has 0 heterocycles. The highest BCUT2D eigenvalue weighted by molar-refractivity contribution is 5.96. The van der Waals surface area contributed by atoms with E-state index in [0.717, 1.165) is 11.3 Å². The zero-order valence-corrected chi connectivity index (χ0v) is 11.8. The Bertz CT molecular complexity index is 576. The Morgan fingerprint density at radius 2 is 1.71 bits per heavy atom. The van der Waals surface area contributed by atoms with Gasteiger partial charge in [-0.3, -0.25) is 4.79 Å². The van der Waals surface area contributed by atoms with Crippen LogP contribution in [0.3, 0.4) is 0 Å². The average Bonchev–Trinajstić information content (AvgIpc) is 2.52. The second-order valence-electron chi connectivity index (χ2n) is 4.58. The van der Waals surface area contributed by atoms with Gasteiger partial charge in [0.2, 0.25) is 0 Å². The van der Waals surface area contributed by atoms with E-state index in [1.807, 2.05) is 24.3 Å². The van der Waals surface area contributed by atoms with E-state index in [2.05, 4.69) is 0 Å². The number of hydrogen-bond acceptors (Lipinski definition) is 3. The summed E-state index contributed by atoms with van der Waals surface area (Å²) in [7, 11) is 1.62. The molecule has 21 heavy (non-hydrogen) atoms. The number of Topliss-reactive ketones (excluding diaryl/α,β-unsaturated/α-hetero) is 1. The van der Waals surface area contributed by atoms with Gasteiger partial charge in [-0.1, -0.05) is 12.1 Å². The summed E-state index contributed by atoms with van der Waals surface area (Å²) >= 11 is 0. The van der Waals surface area contributed by atoms with E-state index in [1.54, 1.807) is 7.11 Å². The van der Waals surface area contributed by atoms with Crippen molar-refractivity contribution in [1.82, 2.24) is 0 Å². The van der Waals surface area contributed by atoms with Gasteiger partial charge in [0, 0.05) is 12.0 Å². The fraction of sp³-hybridized carbons (Fsp3) is 0.235. The van der Waals surface area contributed by atoms with Crippen LogP contribution in [0.15, 0.2) is 48.5 Å². The molecule has 2 aromatic carbocycles. The van der Waals surface area contributed by atoms with Crippen molar-refractivity contribution >= 4 is 5.78 Å². The lowest BCUT2D eigenvalue weighted by Gasteiger charge is -2.05. The maximum atomic E-state index is 12.8. The standard InChI is InChI=1S/C17H17FO3/c1-20-16-8-2-13(3-9-16)12-21-11-10-17(19)14-4-6-15(18)7-5-14/h2-9H,10-12H2,1H3. The number of carbonyl (C=O) groups is 1. The molecule has 3 nitrogen and oxygen atoms in total. The van der Waals surface area contributed by atoms with Gasteiger partial charge in [0.05, 0.1) is 20.3 Å². The van der Waals surface area contributed by atoms with E-state index in [0.29, 0.717) is 18.8 Å². The molecule has 110 valence electrons. The van der Waals surface area contributed by atoms with Gasteiger partial charge in [-0.2, -0.15) is 0 Å². The zero-order chi connectivity index (χ0) is 15.1. The molecule has 2 aromatic rings. The molecule has 0 aliphatic rings. The van der Waals surface area contributed by atoms with Crippen molar-refractivity contribution in [3.8, 4) is 5.75 Å². The molecule has 0 radical (unpaired) electrons. The van der Waals surface area contributed by atoms with Gasteiger partial charge in [0.15, 0.2) is 5.78 Å². The highest BCUT2D eigenvalue weighted by Gasteiger charge is 2.05. The largest absolute Gasteiger partial charge is 0.497 e. The van der Waals surface area contributed by atoms with E-state index >= 15 is 0 Å². The third-order valence-electron chi connectivity index (χ3n) is 3.07. The van der Waals surface area contributed by atoms with Crippen LogP contribution < -0.4 is 4.74 Å². The minimum Gasteiger partial charge on any atom is -0.497 e. The summed E-state index contributed by atoms with van der Waals surface area (Å²) in [5.41, 5.74) is 1.52. The van der Waals surface area contributed by atoms with Gasteiger partial charge in [-0.25, -0.2) is 4.39 Å². The molecule has 0 saturated carbocycles. The number of hydrogen-bond donors (Lipinski definition) is 0. The first kappa shape index (κ1) is 15.2. The highest BCUT2D eigenvalue weighted by atomic mass is 19.1. The van der Waals surface area contributed by atoms with Crippen LogP contribution in [0.1, 0.15) is 22.3 Å². The van der Waals surface area contributed by atoms with Crippen molar-refractivity contribution in [1.29, 1.82) is 0 Å². The lowest BCUT2D eigenvalue weighted by molar-refractivity contribution is 0.0848. The molecule has 0 N–H and O–H groups in total. The molecule has 0 unspecified atom stereocenters. The van der Waals surface area contributed by atoms with Crippen molar-refractivity contribution < 1.29 is 18.7 Å². The van der Waals surface area contributed by atoms with Crippen LogP contribution in [0.5, 0.6) is 5.75 Å². The van der Waals surface area contributed by atoms with Crippen molar-refractivity contribution in [3.63, 3.8) is 0 Å².